The first-order valence-corrected chi connectivity index (χ1v) is 5.84. The van der Waals surface area contributed by atoms with Crippen molar-refractivity contribution in [2.24, 2.45) is 5.73 Å². The number of benzene rings is 1. The molecular weight excluding hydrogens is 221 g/mol. The van der Waals surface area contributed by atoms with Gasteiger partial charge in [-0.3, -0.25) is 0 Å². The average molecular weight is 241 g/mol. The Labute approximate surface area is 102 Å². The van der Waals surface area contributed by atoms with Crippen molar-refractivity contribution in [2.45, 2.75) is 32.9 Å². The molecule has 0 aliphatic heterocycles. The first-order chi connectivity index (χ1) is 8.06. The van der Waals surface area contributed by atoms with Gasteiger partial charge in [0.05, 0.1) is 6.61 Å². The fourth-order valence-electron chi connectivity index (χ4n) is 1.60. The van der Waals surface area contributed by atoms with Crippen LogP contribution in [-0.4, -0.2) is 19.3 Å². The van der Waals surface area contributed by atoms with Crippen LogP contribution in [0, 0.1) is 5.82 Å². The Morgan fingerprint density at radius 1 is 1.35 bits per heavy atom. The molecule has 1 aromatic rings. The van der Waals surface area contributed by atoms with Crippen LogP contribution in [0.4, 0.5) is 4.39 Å². The third-order valence-electron chi connectivity index (χ3n) is 2.35. The van der Waals surface area contributed by atoms with Crippen molar-refractivity contribution in [2.75, 3.05) is 13.2 Å². The first-order valence-electron chi connectivity index (χ1n) is 5.84. The quantitative estimate of drug-likeness (QED) is 0.832. The molecule has 2 N–H and O–H groups in total. The number of ether oxygens (including phenoxy) is 2. The average Bonchev–Trinajstić information content (AvgIpc) is 2.25. The second-order valence-electron chi connectivity index (χ2n) is 4.03. The summed E-state index contributed by atoms with van der Waals surface area (Å²) in [6.07, 6.45) is -0.130. The van der Waals surface area contributed by atoms with E-state index in [2.05, 4.69) is 0 Å². The van der Waals surface area contributed by atoms with Gasteiger partial charge < -0.3 is 15.2 Å². The minimum atomic E-state index is -0.398. The normalized spacial score (nSPS) is 14.4. The summed E-state index contributed by atoms with van der Waals surface area (Å²) in [5.41, 5.74) is 6.15. The maximum atomic E-state index is 13.6. The van der Waals surface area contributed by atoms with Crippen LogP contribution in [0.1, 0.15) is 32.4 Å². The van der Waals surface area contributed by atoms with Gasteiger partial charge in [0.1, 0.15) is 17.7 Å². The van der Waals surface area contributed by atoms with Gasteiger partial charge in [-0.05, 0) is 32.9 Å². The Bertz CT molecular complexity index is 355. The van der Waals surface area contributed by atoms with Gasteiger partial charge in [-0.1, -0.05) is 6.07 Å². The lowest BCUT2D eigenvalue weighted by Crippen LogP contribution is -2.21. The summed E-state index contributed by atoms with van der Waals surface area (Å²) in [5.74, 6) is 0.160. The van der Waals surface area contributed by atoms with Gasteiger partial charge in [-0.25, -0.2) is 4.39 Å². The Morgan fingerprint density at radius 2 is 2.06 bits per heavy atom. The van der Waals surface area contributed by atoms with E-state index in [0.29, 0.717) is 24.5 Å². The predicted molar refractivity (Wildman–Crippen MR) is 65.6 cm³/mol. The fourth-order valence-corrected chi connectivity index (χ4v) is 1.60. The zero-order valence-corrected chi connectivity index (χ0v) is 10.6. The van der Waals surface area contributed by atoms with Crippen molar-refractivity contribution in [3.05, 3.63) is 29.6 Å². The van der Waals surface area contributed by atoms with Gasteiger partial charge in [0, 0.05) is 18.2 Å². The summed E-state index contributed by atoms with van der Waals surface area (Å²) in [4.78, 5) is 0. The summed E-state index contributed by atoms with van der Waals surface area (Å²) in [5, 5.41) is 0. The van der Waals surface area contributed by atoms with Crippen molar-refractivity contribution in [3.63, 3.8) is 0 Å². The van der Waals surface area contributed by atoms with Crippen LogP contribution in [-0.2, 0) is 4.74 Å². The second-order valence-corrected chi connectivity index (χ2v) is 4.03. The van der Waals surface area contributed by atoms with Crippen LogP contribution in [0.25, 0.3) is 0 Å². The van der Waals surface area contributed by atoms with Crippen molar-refractivity contribution in [1.82, 2.24) is 0 Å². The fraction of sp³-hybridized carbons (Fsp3) is 0.538. The lowest BCUT2D eigenvalue weighted by atomic mass is 10.1. The number of hydrogen-bond acceptors (Lipinski definition) is 3. The number of halogens is 1. The molecule has 0 saturated heterocycles. The van der Waals surface area contributed by atoms with Gasteiger partial charge in [0.15, 0.2) is 0 Å². The predicted octanol–water partition coefficient (Wildman–Crippen LogP) is 2.65. The molecule has 3 nitrogen and oxygen atoms in total. The third-order valence-corrected chi connectivity index (χ3v) is 2.35. The van der Waals surface area contributed by atoms with Gasteiger partial charge in [0.25, 0.3) is 0 Å². The Hall–Kier alpha value is -1.13. The van der Waals surface area contributed by atoms with E-state index in [1.54, 1.807) is 19.1 Å². The first kappa shape index (κ1) is 13.9. The summed E-state index contributed by atoms with van der Waals surface area (Å²) in [6.45, 7) is 6.65. The molecule has 0 radical (unpaired) electrons. The van der Waals surface area contributed by atoms with E-state index in [-0.39, 0.29) is 11.9 Å². The SMILES string of the molecule is CCOCC(C)Oc1cccc(F)c1[C@H](C)N. The van der Waals surface area contributed by atoms with Crippen LogP contribution in [0.15, 0.2) is 18.2 Å². The van der Waals surface area contributed by atoms with E-state index in [1.165, 1.54) is 6.07 Å². The van der Waals surface area contributed by atoms with Crippen molar-refractivity contribution in [1.29, 1.82) is 0 Å². The third kappa shape index (κ3) is 3.98. The topological polar surface area (TPSA) is 44.5 Å². The molecule has 0 heterocycles. The molecule has 0 spiro atoms. The molecule has 1 rings (SSSR count). The van der Waals surface area contributed by atoms with Gasteiger partial charge >= 0.3 is 0 Å². The van der Waals surface area contributed by atoms with Crippen LogP contribution < -0.4 is 10.5 Å². The lowest BCUT2D eigenvalue weighted by Gasteiger charge is -2.19. The molecule has 0 fully saturated rings. The molecular formula is C13H20FNO2. The molecule has 0 aliphatic carbocycles. The molecule has 1 aromatic carbocycles. The monoisotopic (exact) mass is 241 g/mol. The van der Waals surface area contributed by atoms with E-state index in [0.717, 1.165) is 0 Å². The zero-order chi connectivity index (χ0) is 12.8. The van der Waals surface area contributed by atoms with Crippen LogP contribution in [0.5, 0.6) is 5.75 Å². The smallest absolute Gasteiger partial charge is 0.131 e. The van der Waals surface area contributed by atoms with Crippen LogP contribution in [0.2, 0.25) is 0 Å². The summed E-state index contributed by atoms with van der Waals surface area (Å²) < 4.78 is 24.5. The summed E-state index contributed by atoms with van der Waals surface area (Å²) >= 11 is 0. The van der Waals surface area contributed by atoms with Crippen LogP contribution >= 0.6 is 0 Å². The van der Waals surface area contributed by atoms with E-state index in [1.807, 2.05) is 13.8 Å². The van der Waals surface area contributed by atoms with Gasteiger partial charge in [0.2, 0.25) is 0 Å². The molecule has 0 amide bonds. The molecule has 17 heavy (non-hydrogen) atoms. The largest absolute Gasteiger partial charge is 0.488 e. The number of hydrogen-bond donors (Lipinski definition) is 1. The van der Waals surface area contributed by atoms with Crippen molar-refractivity contribution < 1.29 is 13.9 Å². The molecule has 0 saturated carbocycles. The van der Waals surface area contributed by atoms with Crippen molar-refractivity contribution in [3.8, 4) is 5.75 Å². The highest BCUT2D eigenvalue weighted by atomic mass is 19.1. The highest BCUT2D eigenvalue weighted by Crippen LogP contribution is 2.27. The maximum Gasteiger partial charge on any atom is 0.131 e. The zero-order valence-electron chi connectivity index (χ0n) is 10.6. The van der Waals surface area contributed by atoms with E-state index in [4.69, 9.17) is 15.2 Å². The Balaban J connectivity index is 2.79. The molecule has 96 valence electrons. The Morgan fingerprint density at radius 3 is 2.65 bits per heavy atom. The minimum absolute atomic E-state index is 0.130. The molecule has 0 aliphatic rings. The second kappa shape index (κ2) is 6.57. The molecule has 4 heteroatoms. The van der Waals surface area contributed by atoms with Crippen molar-refractivity contribution >= 4 is 0 Å². The highest BCUT2D eigenvalue weighted by molar-refractivity contribution is 5.36. The molecule has 1 unspecified atom stereocenters. The standard InChI is InChI=1S/C13H20FNO2/c1-4-16-8-9(2)17-12-7-5-6-11(14)13(12)10(3)15/h5-7,9-10H,4,8,15H2,1-3H3/t9?,10-/m0/s1. The lowest BCUT2D eigenvalue weighted by molar-refractivity contribution is 0.0648. The maximum absolute atomic E-state index is 13.6. The van der Waals surface area contributed by atoms with Gasteiger partial charge in [-0.2, -0.15) is 0 Å². The number of nitrogens with two attached hydrogens (primary N) is 1. The Kier molecular flexibility index (Phi) is 5.38. The number of rotatable bonds is 6. The van der Waals surface area contributed by atoms with E-state index in [9.17, 15) is 4.39 Å². The summed E-state index contributed by atoms with van der Waals surface area (Å²) in [7, 11) is 0. The summed E-state index contributed by atoms with van der Waals surface area (Å²) in [6, 6.07) is 4.33. The van der Waals surface area contributed by atoms with E-state index >= 15 is 0 Å². The molecule has 0 bridgehead atoms. The van der Waals surface area contributed by atoms with E-state index < -0.39 is 6.04 Å². The van der Waals surface area contributed by atoms with Gasteiger partial charge in [-0.15, -0.1) is 0 Å². The minimum Gasteiger partial charge on any atom is -0.488 e. The van der Waals surface area contributed by atoms with Crippen LogP contribution in [0.3, 0.4) is 0 Å². The molecule has 2 atom stereocenters. The highest BCUT2D eigenvalue weighted by Gasteiger charge is 2.15. The molecule has 0 aromatic heterocycles.